The molecular formula is C23H23ClN4O3S. The Morgan fingerprint density at radius 3 is 2.78 bits per heavy atom. The smallest absolute Gasteiger partial charge is 0.407 e. The summed E-state index contributed by atoms with van der Waals surface area (Å²) in [6.45, 7) is 3.61. The number of carbonyl (C=O) groups is 2. The molecule has 0 aliphatic carbocycles. The summed E-state index contributed by atoms with van der Waals surface area (Å²) in [6, 6.07) is 9.94. The number of hydrogen-bond donors (Lipinski definition) is 1. The topological polar surface area (TPSA) is 77.0 Å². The van der Waals surface area contributed by atoms with Gasteiger partial charge in [-0.2, -0.15) is 0 Å². The molecule has 0 bridgehead atoms. The van der Waals surface area contributed by atoms with E-state index in [9.17, 15) is 14.7 Å². The molecule has 1 N–H and O–H groups in total. The average molecular weight is 471 g/mol. The standard InChI is InChI=1S/C23H23ClN4O3S/c24-15-1-2-16(25-12-15)5-7-26-9-10-28(22(29)14-26)17-3-4-18-19-6-8-27(23(30)31)13-21(19)32-20(18)11-17/h1-4,11-12H,5-10,13-14H2,(H,30,31). The lowest BCUT2D eigenvalue weighted by Crippen LogP contribution is -2.50. The minimum absolute atomic E-state index is 0.0954. The maximum absolute atomic E-state index is 12.9. The quantitative estimate of drug-likeness (QED) is 0.626. The van der Waals surface area contributed by atoms with Gasteiger partial charge in [-0.1, -0.05) is 17.7 Å². The molecule has 2 aliphatic rings. The summed E-state index contributed by atoms with van der Waals surface area (Å²) in [4.78, 5) is 35.1. The van der Waals surface area contributed by atoms with E-state index in [1.54, 1.807) is 17.5 Å². The molecule has 2 aromatic heterocycles. The zero-order valence-corrected chi connectivity index (χ0v) is 19.0. The van der Waals surface area contributed by atoms with Crippen molar-refractivity contribution in [3.63, 3.8) is 0 Å². The van der Waals surface area contributed by atoms with Crippen LogP contribution in [0.4, 0.5) is 10.5 Å². The number of benzene rings is 1. The Bertz CT molecular complexity index is 1180. The van der Waals surface area contributed by atoms with Crippen molar-refractivity contribution in [2.75, 3.05) is 37.6 Å². The van der Waals surface area contributed by atoms with Crippen LogP contribution in [0, 0.1) is 0 Å². The summed E-state index contributed by atoms with van der Waals surface area (Å²) in [7, 11) is 0. The Labute approximate surface area is 194 Å². The van der Waals surface area contributed by atoms with E-state index in [4.69, 9.17) is 11.6 Å². The van der Waals surface area contributed by atoms with Crippen molar-refractivity contribution >= 4 is 50.7 Å². The van der Waals surface area contributed by atoms with Gasteiger partial charge in [-0.05, 0) is 41.6 Å². The summed E-state index contributed by atoms with van der Waals surface area (Å²) >= 11 is 7.53. The van der Waals surface area contributed by atoms with Crippen molar-refractivity contribution in [2.45, 2.75) is 19.4 Å². The van der Waals surface area contributed by atoms with Gasteiger partial charge in [0.1, 0.15) is 0 Å². The van der Waals surface area contributed by atoms with E-state index >= 15 is 0 Å². The SMILES string of the molecule is O=C(O)N1CCc2c(sc3cc(N4CCN(CCc5ccc(Cl)cn5)CC4=O)ccc23)C1. The zero-order chi connectivity index (χ0) is 22.2. The number of carboxylic acid groups (broad SMARTS) is 1. The maximum Gasteiger partial charge on any atom is 0.407 e. The molecule has 4 heterocycles. The van der Waals surface area contributed by atoms with Gasteiger partial charge in [0.25, 0.3) is 0 Å². The Kier molecular flexibility index (Phi) is 5.75. The fraction of sp³-hybridized carbons (Fsp3) is 0.348. The van der Waals surface area contributed by atoms with Gasteiger partial charge < -0.3 is 14.9 Å². The summed E-state index contributed by atoms with van der Waals surface area (Å²) in [5, 5.41) is 11.1. The number of carbonyl (C=O) groups excluding carboxylic acids is 1. The van der Waals surface area contributed by atoms with Crippen molar-refractivity contribution in [1.29, 1.82) is 0 Å². The monoisotopic (exact) mass is 470 g/mol. The predicted octanol–water partition coefficient (Wildman–Crippen LogP) is 3.88. The van der Waals surface area contributed by atoms with E-state index in [-0.39, 0.29) is 5.91 Å². The van der Waals surface area contributed by atoms with Crippen molar-refractivity contribution in [3.05, 3.63) is 57.7 Å². The van der Waals surface area contributed by atoms with Crippen LogP contribution in [0.25, 0.3) is 10.1 Å². The highest BCUT2D eigenvalue weighted by atomic mass is 35.5. The molecule has 0 radical (unpaired) electrons. The molecule has 3 aromatic rings. The van der Waals surface area contributed by atoms with Gasteiger partial charge in [-0.15, -0.1) is 11.3 Å². The molecule has 0 unspecified atom stereocenters. The van der Waals surface area contributed by atoms with E-state index in [2.05, 4.69) is 22.0 Å². The van der Waals surface area contributed by atoms with Crippen molar-refractivity contribution < 1.29 is 14.7 Å². The van der Waals surface area contributed by atoms with Crippen LogP contribution in [0.1, 0.15) is 16.1 Å². The van der Waals surface area contributed by atoms with Gasteiger partial charge in [-0.25, -0.2) is 4.79 Å². The molecule has 1 aromatic carbocycles. The van der Waals surface area contributed by atoms with E-state index < -0.39 is 6.09 Å². The van der Waals surface area contributed by atoms with Gasteiger partial charge in [0.15, 0.2) is 0 Å². The van der Waals surface area contributed by atoms with Gasteiger partial charge in [0, 0.05) is 59.8 Å². The molecule has 32 heavy (non-hydrogen) atoms. The van der Waals surface area contributed by atoms with E-state index in [1.165, 1.54) is 15.8 Å². The predicted molar refractivity (Wildman–Crippen MR) is 126 cm³/mol. The van der Waals surface area contributed by atoms with Crippen LogP contribution in [0.15, 0.2) is 36.5 Å². The lowest BCUT2D eigenvalue weighted by Gasteiger charge is -2.34. The van der Waals surface area contributed by atoms with Gasteiger partial charge in [0.05, 0.1) is 18.1 Å². The Morgan fingerprint density at radius 1 is 1.16 bits per heavy atom. The second-order valence-corrected chi connectivity index (χ2v) is 9.75. The molecule has 1 fully saturated rings. The third-order valence-electron chi connectivity index (χ3n) is 6.18. The molecule has 166 valence electrons. The molecule has 0 atom stereocenters. The molecule has 5 rings (SSSR count). The number of hydrogen-bond acceptors (Lipinski definition) is 5. The first-order valence-electron chi connectivity index (χ1n) is 10.6. The first kappa shape index (κ1) is 21.2. The largest absolute Gasteiger partial charge is 0.465 e. The summed E-state index contributed by atoms with van der Waals surface area (Å²) in [6.07, 6.45) is 2.30. The van der Waals surface area contributed by atoms with Crippen molar-refractivity contribution in [2.24, 2.45) is 0 Å². The number of thiophene rings is 1. The van der Waals surface area contributed by atoms with Crippen LogP contribution in [0.5, 0.6) is 0 Å². The highest BCUT2D eigenvalue weighted by molar-refractivity contribution is 7.19. The molecule has 2 amide bonds. The highest BCUT2D eigenvalue weighted by Crippen LogP contribution is 2.37. The molecule has 7 nitrogen and oxygen atoms in total. The fourth-order valence-corrected chi connectivity index (χ4v) is 5.85. The zero-order valence-electron chi connectivity index (χ0n) is 17.5. The number of amides is 2. The van der Waals surface area contributed by atoms with E-state index in [0.29, 0.717) is 31.2 Å². The number of nitrogens with zero attached hydrogens (tertiary/aromatic N) is 4. The minimum Gasteiger partial charge on any atom is -0.465 e. The number of piperazine rings is 1. The summed E-state index contributed by atoms with van der Waals surface area (Å²) in [5.41, 5.74) is 3.13. The third-order valence-corrected chi connectivity index (χ3v) is 7.58. The maximum atomic E-state index is 12.9. The van der Waals surface area contributed by atoms with E-state index in [1.807, 2.05) is 23.1 Å². The number of fused-ring (bicyclic) bond motifs is 3. The fourth-order valence-electron chi connectivity index (χ4n) is 4.43. The summed E-state index contributed by atoms with van der Waals surface area (Å²) in [5.74, 6) is 0.0954. The van der Waals surface area contributed by atoms with Crippen LogP contribution in [0.2, 0.25) is 5.02 Å². The van der Waals surface area contributed by atoms with Crippen molar-refractivity contribution in [1.82, 2.24) is 14.8 Å². The average Bonchev–Trinajstić information content (AvgIpc) is 3.15. The normalized spacial score (nSPS) is 17.1. The molecule has 0 spiro atoms. The van der Waals surface area contributed by atoms with Gasteiger partial charge in [0.2, 0.25) is 5.91 Å². The lowest BCUT2D eigenvalue weighted by atomic mass is 10.0. The molecular weight excluding hydrogens is 448 g/mol. The molecule has 9 heteroatoms. The van der Waals surface area contributed by atoms with Gasteiger partial charge >= 0.3 is 6.09 Å². The van der Waals surface area contributed by atoms with Crippen molar-refractivity contribution in [3.8, 4) is 0 Å². The number of anilines is 1. The Hall–Kier alpha value is -2.68. The molecule has 2 aliphatic heterocycles. The number of halogens is 1. The molecule has 0 saturated carbocycles. The van der Waals surface area contributed by atoms with Crippen LogP contribution in [-0.2, 0) is 24.2 Å². The number of pyridine rings is 1. The Morgan fingerprint density at radius 2 is 2.03 bits per heavy atom. The van der Waals surface area contributed by atoms with Crippen LogP contribution < -0.4 is 4.90 Å². The Balaban J connectivity index is 1.26. The second kappa shape index (κ2) is 8.69. The minimum atomic E-state index is -0.871. The molecule has 1 saturated heterocycles. The van der Waals surface area contributed by atoms with Crippen LogP contribution in [0.3, 0.4) is 0 Å². The highest BCUT2D eigenvalue weighted by Gasteiger charge is 2.27. The number of aromatic nitrogens is 1. The van der Waals surface area contributed by atoms with Gasteiger partial charge in [-0.3, -0.25) is 14.7 Å². The first-order valence-corrected chi connectivity index (χ1v) is 11.8. The number of rotatable bonds is 4. The van der Waals surface area contributed by atoms with Crippen LogP contribution >= 0.6 is 22.9 Å². The summed E-state index contributed by atoms with van der Waals surface area (Å²) < 4.78 is 1.11. The lowest BCUT2D eigenvalue weighted by molar-refractivity contribution is -0.121. The van der Waals surface area contributed by atoms with E-state index in [0.717, 1.165) is 46.9 Å². The third kappa shape index (κ3) is 4.18. The second-order valence-electron chi connectivity index (χ2n) is 8.18. The first-order chi connectivity index (χ1) is 15.5. The van der Waals surface area contributed by atoms with Crippen LogP contribution in [-0.4, -0.2) is 64.6 Å².